The number of ether oxygens (including phenoxy) is 2. The van der Waals surface area contributed by atoms with Crippen molar-refractivity contribution in [3.63, 3.8) is 0 Å². The van der Waals surface area contributed by atoms with E-state index < -0.39 is 46.9 Å². The van der Waals surface area contributed by atoms with Crippen molar-refractivity contribution in [3.8, 4) is 5.75 Å². The van der Waals surface area contributed by atoms with Gasteiger partial charge in [0.2, 0.25) is 0 Å². The van der Waals surface area contributed by atoms with Gasteiger partial charge in [0.25, 0.3) is 5.91 Å². The molecule has 0 saturated carbocycles. The highest BCUT2D eigenvalue weighted by Gasteiger charge is 2.39. The van der Waals surface area contributed by atoms with Gasteiger partial charge in [-0.15, -0.1) is 0 Å². The van der Waals surface area contributed by atoms with Crippen LogP contribution in [0.25, 0.3) is 0 Å². The summed E-state index contributed by atoms with van der Waals surface area (Å²) in [6.45, 7) is 4.88. The predicted octanol–water partition coefficient (Wildman–Crippen LogP) is 2.52. The van der Waals surface area contributed by atoms with Crippen molar-refractivity contribution in [2.45, 2.75) is 45.3 Å². The molecule has 0 spiro atoms. The van der Waals surface area contributed by atoms with Crippen LogP contribution in [0.15, 0.2) is 12.1 Å². The van der Waals surface area contributed by atoms with E-state index in [0.29, 0.717) is 4.90 Å². The van der Waals surface area contributed by atoms with E-state index in [-0.39, 0.29) is 18.5 Å². The Morgan fingerprint density at radius 1 is 1.23 bits per heavy atom. The average Bonchev–Trinajstić information content (AvgIpc) is 2.81. The first-order valence-corrected chi connectivity index (χ1v) is 7.93. The normalized spacial score (nSPS) is 17.3. The van der Waals surface area contributed by atoms with Crippen LogP contribution in [0.1, 0.15) is 33.6 Å². The summed E-state index contributed by atoms with van der Waals surface area (Å²) in [5.41, 5.74) is -1.09. The van der Waals surface area contributed by atoms with E-state index in [0.717, 1.165) is 12.1 Å². The fourth-order valence-corrected chi connectivity index (χ4v) is 2.41. The molecule has 9 heteroatoms. The molecule has 1 aromatic carbocycles. The second kappa shape index (κ2) is 7.27. The van der Waals surface area contributed by atoms with Crippen molar-refractivity contribution in [3.05, 3.63) is 23.8 Å². The van der Waals surface area contributed by atoms with Crippen LogP contribution in [0.4, 0.5) is 19.3 Å². The van der Waals surface area contributed by atoms with Crippen molar-refractivity contribution in [1.82, 2.24) is 5.32 Å². The van der Waals surface area contributed by atoms with Gasteiger partial charge in [0.15, 0.2) is 17.4 Å². The van der Waals surface area contributed by atoms with Gasteiger partial charge >= 0.3 is 12.0 Å². The van der Waals surface area contributed by atoms with Crippen molar-refractivity contribution in [1.29, 1.82) is 0 Å². The topological polar surface area (TPSA) is 84.9 Å². The molecule has 1 heterocycles. The zero-order valence-corrected chi connectivity index (χ0v) is 14.9. The van der Waals surface area contributed by atoms with Crippen molar-refractivity contribution < 1.29 is 32.6 Å². The van der Waals surface area contributed by atoms with Gasteiger partial charge in [-0.05, 0) is 27.2 Å². The minimum atomic E-state index is -1.03. The number of hydrogen-bond donors (Lipinski definition) is 1. The third-order valence-corrected chi connectivity index (χ3v) is 3.53. The molecule has 1 saturated heterocycles. The highest BCUT2D eigenvalue weighted by molar-refractivity contribution is 6.21. The summed E-state index contributed by atoms with van der Waals surface area (Å²) in [5.74, 6) is -3.90. The lowest BCUT2D eigenvalue weighted by molar-refractivity contribution is -0.140. The molecule has 1 aromatic rings. The van der Waals surface area contributed by atoms with Crippen molar-refractivity contribution in [2.24, 2.45) is 0 Å². The lowest BCUT2D eigenvalue weighted by Gasteiger charge is -2.23. The van der Waals surface area contributed by atoms with Crippen molar-refractivity contribution in [2.75, 3.05) is 12.0 Å². The molecule has 7 nitrogen and oxygen atoms in total. The molecule has 1 atom stereocenters. The molecule has 0 unspecified atom stereocenters. The van der Waals surface area contributed by atoms with E-state index in [1.54, 1.807) is 20.8 Å². The van der Waals surface area contributed by atoms with E-state index >= 15 is 0 Å². The first kappa shape index (κ1) is 19.6. The zero-order valence-electron chi connectivity index (χ0n) is 14.9. The van der Waals surface area contributed by atoms with Gasteiger partial charge < -0.3 is 14.8 Å². The van der Waals surface area contributed by atoms with Gasteiger partial charge in [-0.1, -0.05) is 0 Å². The molecule has 142 valence electrons. The number of nitrogens with one attached hydrogen (secondary N) is 1. The Morgan fingerprint density at radius 3 is 2.31 bits per heavy atom. The van der Waals surface area contributed by atoms with Crippen LogP contribution < -0.4 is 15.0 Å². The lowest BCUT2D eigenvalue weighted by Crippen LogP contribution is -2.32. The van der Waals surface area contributed by atoms with Gasteiger partial charge in [-0.25, -0.2) is 18.5 Å². The number of nitrogens with zero attached hydrogens (tertiary/aromatic N) is 1. The highest BCUT2D eigenvalue weighted by Crippen LogP contribution is 2.31. The largest absolute Gasteiger partial charge is 0.482 e. The molecule has 1 aliphatic heterocycles. The summed E-state index contributed by atoms with van der Waals surface area (Å²) in [4.78, 5) is 36.2. The zero-order chi connectivity index (χ0) is 19.6. The number of amides is 3. The fourth-order valence-electron chi connectivity index (χ4n) is 2.41. The van der Waals surface area contributed by atoms with Gasteiger partial charge in [0, 0.05) is 18.6 Å². The van der Waals surface area contributed by atoms with Gasteiger partial charge in [0.05, 0.1) is 12.8 Å². The lowest BCUT2D eigenvalue weighted by atomic mass is 10.1. The number of carbonyl (C=O) groups excluding carboxylic acids is 3. The molecule has 1 aliphatic rings. The summed E-state index contributed by atoms with van der Waals surface area (Å²) >= 11 is 0. The summed E-state index contributed by atoms with van der Waals surface area (Å²) in [6.07, 6.45) is -0.0635. The summed E-state index contributed by atoms with van der Waals surface area (Å²) in [6, 6.07) is -0.0966. The number of benzene rings is 1. The number of rotatable bonds is 5. The minimum Gasteiger partial charge on any atom is -0.482 e. The molecule has 0 aromatic heterocycles. The fraction of sp³-hybridized carbons (Fsp3) is 0.471. The van der Waals surface area contributed by atoms with Gasteiger partial charge in [-0.2, -0.15) is 0 Å². The van der Waals surface area contributed by atoms with Crippen molar-refractivity contribution >= 4 is 23.6 Å². The third kappa shape index (κ3) is 4.27. The average molecular weight is 370 g/mol. The van der Waals surface area contributed by atoms with Crippen LogP contribution in [0.3, 0.4) is 0 Å². The smallest absolute Gasteiger partial charge is 0.329 e. The Morgan fingerprint density at radius 2 is 1.81 bits per heavy atom. The van der Waals surface area contributed by atoms with E-state index in [2.05, 4.69) is 10.1 Å². The number of urea groups is 1. The molecule has 0 aliphatic carbocycles. The van der Waals surface area contributed by atoms with Crippen LogP contribution in [-0.2, 0) is 14.3 Å². The number of carbonyl (C=O) groups is 3. The molecular formula is C17H20F2N2O5. The van der Waals surface area contributed by atoms with Crippen LogP contribution in [-0.4, -0.2) is 36.7 Å². The SMILES string of the molecule is COC(=O)CC[C@H]1NC(=O)N(c2cc(F)c(OC(C)(C)C)c(F)c2)C1=O. The number of esters is 1. The van der Waals surface area contributed by atoms with Crippen LogP contribution in [0.5, 0.6) is 5.75 Å². The second-order valence-corrected chi connectivity index (χ2v) is 6.74. The number of halogens is 2. The molecule has 1 fully saturated rings. The van der Waals surface area contributed by atoms with Crippen LogP contribution >= 0.6 is 0 Å². The maximum atomic E-state index is 14.2. The Hall–Kier alpha value is -2.71. The number of methoxy groups -OCH3 is 1. The molecule has 2 rings (SSSR count). The van der Waals surface area contributed by atoms with Crippen LogP contribution in [0.2, 0.25) is 0 Å². The summed E-state index contributed by atoms with van der Waals surface area (Å²) < 4.78 is 38.2. The third-order valence-electron chi connectivity index (χ3n) is 3.53. The number of imide groups is 1. The Kier molecular flexibility index (Phi) is 5.48. The quantitative estimate of drug-likeness (QED) is 0.636. The molecule has 1 N–H and O–H groups in total. The van der Waals surface area contributed by atoms with E-state index in [9.17, 15) is 23.2 Å². The van der Waals surface area contributed by atoms with Crippen LogP contribution in [0, 0.1) is 11.6 Å². The molecule has 0 radical (unpaired) electrons. The summed E-state index contributed by atoms with van der Waals surface area (Å²) in [7, 11) is 1.20. The number of anilines is 1. The van der Waals surface area contributed by atoms with E-state index in [1.165, 1.54) is 7.11 Å². The molecule has 26 heavy (non-hydrogen) atoms. The Balaban J connectivity index is 2.24. The maximum absolute atomic E-state index is 14.2. The first-order valence-electron chi connectivity index (χ1n) is 7.93. The van der Waals surface area contributed by atoms with Gasteiger partial charge in [-0.3, -0.25) is 9.59 Å². The minimum absolute atomic E-state index is 0.0178. The standard InChI is InChI=1S/C17H20F2N2O5/c1-17(2,3)26-14-10(18)7-9(8-11(14)19)21-15(23)12(20-16(21)24)5-6-13(22)25-4/h7-8,12H,5-6H2,1-4H3,(H,20,24)/t12-/m1/s1. The monoisotopic (exact) mass is 370 g/mol. The van der Waals surface area contributed by atoms with Gasteiger partial charge in [0.1, 0.15) is 11.6 Å². The molecule has 0 bridgehead atoms. The maximum Gasteiger partial charge on any atom is 0.329 e. The molecule has 3 amide bonds. The second-order valence-electron chi connectivity index (χ2n) is 6.74. The predicted molar refractivity (Wildman–Crippen MR) is 87.8 cm³/mol. The molecular weight excluding hydrogens is 350 g/mol. The summed E-state index contributed by atoms with van der Waals surface area (Å²) in [5, 5.41) is 2.38. The van der Waals surface area contributed by atoms with E-state index in [1.807, 2.05) is 0 Å². The first-order chi connectivity index (χ1) is 12.0. The number of hydrogen-bond acceptors (Lipinski definition) is 5. The Labute approximate surface area is 149 Å². The highest BCUT2D eigenvalue weighted by atomic mass is 19.1. The Bertz CT molecular complexity index is 722. The van der Waals surface area contributed by atoms with E-state index in [4.69, 9.17) is 4.74 Å².